The molecule has 2 nitrogen and oxygen atoms in total. The molecular weight excluding hydrogens is 314 g/mol. The van der Waals surface area contributed by atoms with E-state index in [1.165, 1.54) is 0 Å². The molecule has 2 aromatic rings. The maximum Gasteiger partial charge on any atom is 0.184 e. The first-order valence-electron chi connectivity index (χ1n) is 6.29. The van der Waals surface area contributed by atoms with Crippen LogP contribution in [0.25, 0.3) is 0 Å². The predicted molar refractivity (Wildman–Crippen MR) is 82.7 cm³/mol. The molecule has 100 valence electrons. The van der Waals surface area contributed by atoms with Gasteiger partial charge in [0, 0.05) is 10.0 Å². The molecular formula is C17H14BrNO. The van der Waals surface area contributed by atoms with Gasteiger partial charge in [-0.05, 0) is 37.6 Å². The summed E-state index contributed by atoms with van der Waals surface area (Å²) in [5, 5.41) is 9.38. The molecule has 0 bridgehead atoms. The van der Waals surface area contributed by atoms with Crippen LogP contribution in [0.4, 0.5) is 0 Å². The van der Waals surface area contributed by atoms with E-state index >= 15 is 0 Å². The minimum Gasteiger partial charge on any atom is -0.292 e. The average Bonchev–Trinajstić information content (AvgIpc) is 2.40. The van der Waals surface area contributed by atoms with Gasteiger partial charge < -0.3 is 0 Å². The second-order valence-electron chi connectivity index (χ2n) is 4.82. The van der Waals surface area contributed by atoms with Gasteiger partial charge in [-0.25, -0.2) is 0 Å². The SMILES string of the molecule is Cc1cc(C)cc(C(=O)C(C#N)c2ccccc2Br)c1. The summed E-state index contributed by atoms with van der Waals surface area (Å²) in [6.45, 7) is 3.90. The van der Waals surface area contributed by atoms with E-state index in [1.54, 1.807) is 6.07 Å². The van der Waals surface area contributed by atoms with Crippen LogP contribution in [0.15, 0.2) is 46.9 Å². The zero-order chi connectivity index (χ0) is 14.7. The molecule has 0 aromatic heterocycles. The number of carbonyl (C=O) groups is 1. The molecule has 2 aromatic carbocycles. The number of hydrogen-bond donors (Lipinski definition) is 0. The lowest BCUT2D eigenvalue weighted by Crippen LogP contribution is -2.12. The lowest BCUT2D eigenvalue weighted by Gasteiger charge is -2.11. The normalized spacial score (nSPS) is 11.7. The van der Waals surface area contributed by atoms with E-state index in [9.17, 15) is 10.1 Å². The number of rotatable bonds is 3. The molecule has 0 radical (unpaired) electrons. The molecule has 0 N–H and O–H groups in total. The molecule has 20 heavy (non-hydrogen) atoms. The van der Waals surface area contributed by atoms with Crippen LogP contribution in [-0.2, 0) is 0 Å². The summed E-state index contributed by atoms with van der Waals surface area (Å²) in [7, 11) is 0. The number of ketones is 1. The smallest absolute Gasteiger partial charge is 0.184 e. The van der Waals surface area contributed by atoms with Gasteiger partial charge in [-0.2, -0.15) is 5.26 Å². The van der Waals surface area contributed by atoms with Crippen LogP contribution in [-0.4, -0.2) is 5.78 Å². The monoisotopic (exact) mass is 327 g/mol. The van der Waals surface area contributed by atoms with Gasteiger partial charge in [0.25, 0.3) is 0 Å². The number of nitrogens with zero attached hydrogens (tertiary/aromatic N) is 1. The van der Waals surface area contributed by atoms with Gasteiger partial charge in [-0.15, -0.1) is 0 Å². The van der Waals surface area contributed by atoms with Gasteiger partial charge in [0.05, 0.1) is 6.07 Å². The van der Waals surface area contributed by atoms with Crippen molar-refractivity contribution in [1.82, 2.24) is 0 Å². The molecule has 3 heteroatoms. The van der Waals surface area contributed by atoms with Gasteiger partial charge in [-0.3, -0.25) is 4.79 Å². The van der Waals surface area contributed by atoms with Crippen LogP contribution in [0, 0.1) is 25.2 Å². The number of halogens is 1. The molecule has 0 fully saturated rings. The molecule has 0 heterocycles. The Labute approximate surface area is 127 Å². The van der Waals surface area contributed by atoms with Crippen LogP contribution < -0.4 is 0 Å². The first kappa shape index (κ1) is 14.5. The molecule has 0 aliphatic heterocycles. The van der Waals surface area contributed by atoms with Crippen molar-refractivity contribution in [2.45, 2.75) is 19.8 Å². The summed E-state index contributed by atoms with van der Waals surface area (Å²) in [4.78, 5) is 12.6. The summed E-state index contributed by atoms with van der Waals surface area (Å²) < 4.78 is 0.782. The van der Waals surface area contributed by atoms with Crippen LogP contribution in [0.5, 0.6) is 0 Å². The predicted octanol–water partition coefficient (Wildman–Crippen LogP) is 4.56. The number of carbonyl (C=O) groups excluding carboxylic acids is 1. The zero-order valence-corrected chi connectivity index (χ0v) is 12.9. The van der Waals surface area contributed by atoms with Crippen molar-refractivity contribution in [1.29, 1.82) is 5.26 Å². The maximum absolute atomic E-state index is 12.6. The van der Waals surface area contributed by atoms with Crippen molar-refractivity contribution in [3.05, 3.63) is 69.2 Å². The molecule has 0 amide bonds. The Morgan fingerprint density at radius 2 is 1.75 bits per heavy atom. The second kappa shape index (κ2) is 6.02. The number of hydrogen-bond acceptors (Lipinski definition) is 2. The Bertz CT molecular complexity index is 680. The van der Waals surface area contributed by atoms with E-state index in [-0.39, 0.29) is 5.78 Å². The molecule has 0 saturated carbocycles. The van der Waals surface area contributed by atoms with Crippen LogP contribution in [0.3, 0.4) is 0 Å². The Morgan fingerprint density at radius 1 is 1.15 bits per heavy atom. The van der Waals surface area contributed by atoms with Crippen LogP contribution in [0.2, 0.25) is 0 Å². The van der Waals surface area contributed by atoms with Crippen molar-refractivity contribution >= 4 is 21.7 Å². The maximum atomic E-state index is 12.6. The van der Waals surface area contributed by atoms with E-state index < -0.39 is 5.92 Å². The van der Waals surface area contributed by atoms with E-state index in [4.69, 9.17) is 0 Å². The van der Waals surface area contributed by atoms with Crippen molar-refractivity contribution in [3.63, 3.8) is 0 Å². The highest BCUT2D eigenvalue weighted by Gasteiger charge is 2.23. The van der Waals surface area contributed by atoms with Gasteiger partial charge in [0.2, 0.25) is 0 Å². The van der Waals surface area contributed by atoms with E-state index in [0.29, 0.717) is 11.1 Å². The minimum absolute atomic E-state index is 0.161. The van der Waals surface area contributed by atoms with Crippen LogP contribution >= 0.6 is 15.9 Å². The lowest BCUT2D eigenvalue weighted by molar-refractivity contribution is 0.0978. The Kier molecular flexibility index (Phi) is 4.36. The van der Waals surface area contributed by atoms with Gasteiger partial charge in [0.15, 0.2) is 5.78 Å². The van der Waals surface area contributed by atoms with Gasteiger partial charge in [0.1, 0.15) is 5.92 Å². The number of aryl methyl sites for hydroxylation is 2. The Hall–Kier alpha value is -1.92. The highest BCUT2D eigenvalue weighted by atomic mass is 79.9. The van der Waals surface area contributed by atoms with E-state index in [2.05, 4.69) is 22.0 Å². The molecule has 2 rings (SSSR count). The third-order valence-corrected chi connectivity index (χ3v) is 3.84. The second-order valence-corrected chi connectivity index (χ2v) is 5.68. The molecule has 0 saturated heterocycles. The summed E-state index contributed by atoms with van der Waals surface area (Å²) >= 11 is 3.40. The molecule has 0 aliphatic rings. The Balaban J connectivity index is 2.45. The third kappa shape index (κ3) is 2.97. The highest BCUT2D eigenvalue weighted by molar-refractivity contribution is 9.10. The average molecular weight is 328 g/mol. The highest BCUT2D eigenvalue weighted by Crippen LogP contribution is 2.28. The molecule has 0 aliphatic carbocycles. The van der Waals surface area contributed by atoms with Crippen molar-refractivity contribution in [2.24, 2.45) is 0 Å². The molecule has 0 spiro atoms. The summed E-state index contributed by atoms with van der Waals surface area (Å²) in [5.74, 6) is -0.946. The fraction of sp³-hybridized carbons (Fsp3) is 0.176. The minimum atomic E-state index is -0.785. The fourth-order valence-corrected chi connectivity index (χ4v) is 2.78. The van der Waals surface area contributed by atoms with Crippen molar-refractivity contribution < 1.29 is 4.79 Å². The largest absolute Gasteiger partial charge is 0.292 e. The third-order valence-electron chi connectivity index (χ3n) is 3.11. The first-order chi connectivity index (χ1) is 9.52. The summed E-state index contributed by atoms with van der Waals surface area (Å²) in [6.07, 6.45) is 0. The van der Waals surface area contributed by atoms with Gasteiger partial charge >= 0.3 is 0 Å². The van der Waals surface area contributed by atoms with E-state index in [1.807, 2.05) is 50.2 Å². The first-order valence-corrected chi connectivity index (χ1v) is 7.09. The summed E-state index contributed by atoms with van der Waals surface area (Å²) in [5.41, 5.74) is 3.35. The number of Topliss-reactive ketones (excluding diaryl/α,β-unsaturated/α-hetero) is 1. The fourth-order valence-electron chi connectivity index (χ4n) is 2.26. The Morgan fingerprint density at radius 3 is 2.30 bits per heavy atom. The van der Waals surface area contributed by atoms with Crippen LogP contribution in [0.1, 0.15) is 33.0 Å². The van der Waals surface area contributed by atoms with Crippen molar-refractivity contribution in [2.75, 3.05) is 0 Å². The lowest BCUT2D eigenvalue weighted by atomic mass is 9.90. The topological polar surface area (TPSA) is 40.9 Å². The molecule has 1 atom stereocenters. The zero-order valence-electron chi connectivity index (χ0n) is 11.4. The van der Waals surface area contributed by atoms with Crippen molar-refractivity contribution in [3.8, 4) is 6.07 Å². The standard InChI is InChI=1S/C17H14BrNO/c1-11-7-12(2)9-13(8-11)17(20)15(10-19)14-5-3-4-6-16(14)18/h3-9,15H,1-2H3. The summed E-state index contributed by atoms with van der Waals surface area (Å²) in [6, 6.07) is 15.1. The van der Waals surface area contributed by atoms with Gasteiger partial charge in [-0.1, -0.05) is 51.3 Å². The van der Waals surface area contributed by atoms with E-state index in [0.717, 1.165) is 15.6 Å². The molecule has 1 unspecified atom stereocenters. The quantitative estimate of drug-likeness (QED) is 0.775. The number of nitriles is 1. The number of benzene rings is 2.